The molecule has 0 radical (unpaired) electrons. The summed E-state index contributed by atoms with van der Waals surface area (Å²) < 4.78 is 2.09. The number of imidazole rings is 1. The lowest BCUT2D eigenvalue weighted by molar-refractivity contribution is -0.136. The van der Waals surface area contributed by atoms with Gasteiger partial charge in [-0.15, -0.1) is 0 Å². The van der Waals surface area contributed by atoms with Gasteiger partial charge in [-0.1, -0.05) is 17.7 Å². The van der Waals surface area contributed by atoms with Crippen LogP contribution in [0.2, 0.25) is 5.02 Å². The van der Waals surface area contributed by atoms with E-state index in [1.165, 1.54) is 0 Å². The summed E-state index contributed by atoms with van der Waals surface area (Å²) in [5, 5.41) is 4.04. The van der Waals surface area contributed by atoms with Crippen molar-refractivity contribution in [2.24, 2.45) is 5.92 Å². The lowest BCUT2D eigenvalue weighted by Gasteiger charge is -2.38. The third kappa shape index (κ3) is 3.90. The number of carbonyl (C=O) groups excluding carboxylic acids is 1. The zero-order valence-electron chi connectivity index (χ0n) is 17.9. The third-order valence-electron chi connectivity index (χ3n) is 6.62. The molecule has 1 aromatic carbocycles. The van der Waals surface area contributed by atoms with Crippen molar-refractivity contribution < 1.29 is 4.79 Å². The molecule has 1 N–H and O–H groups in total. The molecule has 6 nitrogen and oxygen atoms in total. The summed E-state index contributed by atoms with van der Waals surface area (Å²) in [5.74, 6) is 0.520. The molecule has 2 aliphatic heterocycles. The number of fused-ring (bicyclic) bond motifs is 1. The lowest BCUT2D eigenvalue weighted by atomic mass is 9.96. The van der Waals surface area contributed by atoms with Gasteiger partial charge in [-0.2, -0.15) is 0 Å². The normalized spacial score (nSPS) is 18.0. The van der Waals surface area contributed by atoms with Crippen LogP contribution in [0, 0.1) is 12.8 Å². The molecule has 5 rings (SSSR count). The average molecular weight is 438 g/mol. The number of aryl methyl sites for hydroxylation is 1. The van der Waals surface area contributed by atoms with E-state index in [4.69, 9.17) is 16.6 Å². The number of nitrogens with one attached hydrogen (secondary N) is 1. The Morgan fingerprint density at radius 1 is 1.10 bits per heavy atom. The second-order valence-corrected chi connectivity index (χ2v) is 8.88. The van der Waals surface area contributed by atoms with Crippen LogP contribution < -0.4 is 10.2 Å². The van der Waals surface area contributed by atoms with E-state index in [0.29, 0.717) is 10.9 Å². The first-order valence-electron chi connectivity index (χ1n) is 11.1. The van der Waals surface area contributed by atoms with Gasteiger partial charge in [-0.3, -0.25) is 4.79 Å². The van der Waals surface area contributed by atoms with E-state index in [0.717, 1.165) is 80.4 Å². The van der Waals surface area contributed by atoms with E-state index in [1.54, 1.807) is 0 Å². The van der Waals surface area contributed by atoms with Gasteiger partial charge in [0, 0.05) is 55.2 Å². The molecule has 0 atom stereocenters. The number of anilines is 1. The number of piperidine rings is 1. The fourth-order valence-corrected chi connectivity index (χ4v) is 4.98. The predicted molar refractivity (Wildman–Crippen MR) is 125 cm³/mol. The van der Waals surface area contributed by atoms with E-state index < -0.39 is 0 Å². The Hall–Kier alpha value is -2.57. The summed E-state index contributed by atoms with van der Waals surface area (Å²) in [4.78, 5) is 22.1. The van der Waals surface area contributed by atoms with Crippen molar-refractivity contribution >= 4 is 28.8 Å². The quantitative estimate of drug-likeness (QED) is 0.680. The smallest absolute Gasteiger partial charge is 0.225 e. The van der Waals surface area contributed by atoms with Gasteiger partial charge in [0.2, 0.25) is 5.91 Å². The monoisotopic (exact) mass is 437 g/mol. The zero-order valence-corrected chi connectivity index (χ0v) is 18.6. The van der Waals surface area contributed by atoms with Crippen LogP contribution >= 0.6 is 11.6 Å². The van der Waals surface area contributed by atoms with E-state index in [9.17, 15) is 4.79 Å². The highest BCUT2D eigenvalue weighted by Crippen LogP contribution is 2.34. The third-order valence-corrected chi connectivity index (χ3v) is 6.95. The molecule has 0 aliphatic carbocycles. The summed E-state index contributed by atoms with van der Waals surface area (Å²) in [6.45, 7) is 7.19. The molecule has 1 amide bonds. The number of halogens is 1. The van der Waals surface area contributed by atoms with Crippen LogP contribution in [0.4, 0.5) is 5.69 Å². The van der Waals surface area contributed by atoms with Crippen LogP contribution in [0.5, 0.6) is 0 Å². The number of carbonyl (C=O) groups is 1. The molecule has 0 saturated carbocycles. The molecule has 2 saturated heterocycles. The molecule has 2 aliphatic rings. The first-order chi connectivity index (χ1) is 15.1. The van der Waals surface area contributed by atoms with Gasteiger partial charge in [-0.25, -0.2) is 4.98 Å². The molecule has 2 fully saturated rings. The number of aromatic nitrogens is 2. The number of hydrogen-bond donors (Lipinski definition) is 1. The SMILES string of the molecule is Cc1c(-c2cc(N3CCN(C(=O)C4CCNCC4)CC3)ccc2Cl)nc2ccccn12. The first-order valence-corrected chi connectivity index (χ1v) is 11.5. The minimum Gasteiger partial charge on any atom is -0.368 e. The number of benzene rings is 1. The number of amides is 1. The Bertz CT molecular complexity index is 1100. The highest BCUT2D eigenvalue weighted by molar-refractivity contribution is 6.33. The van der Waals surface area contributed by atoms with Crippen molar-refractivity contribution in [1.82, 2.24) is 19.6 Å². The maximum absolute atomic E-state index is 12.9. The molecule has 0 spiro atoms. The highest BCUT2D eigenvalue weighted by Gasteiger charge is 2.28. The fourth-order valence-electron chi connectivity index (χ4n) is 4.78. The number of pyridine rings is 1. The van der Waals surface area contributed by atoms with Crippen molar-refractivity contribution in [3.8, 4) is 11.3 Å². The Labute approximate surface area is 187 Å². The molecule has 31 heavy (non-hydrogen) atoms. The Morgan fingerprint density at radius 2 is 1.87 bits per heavy atom. The maximum atomic E-state index is 12.9. The molecule has 7 heteroatoms. The van der Waals surface area contributed by atoms with Gasteiger partial charge < -0.3 is 19.5 Å². The lowest BCUT2D eigenvalue weighted by Crippen LogP contribution is -2.51. The van der Waals surface area contributed by atoms with Crippen molar-refractivity contribution in [1.29, 1.82) is 0 Å². The summed E-state index contributed by atoms with van der Waals surface area (Å²) in [6, 6.07) is 12.2. The molecular weight excluding hydrogens is 410 g/mol. The van der Waals surface area contributed by atoms with Gasteiger partial charge in [0.25, 0.3) is 0 Å². The van der Waals surface area contributed by atoms with Gasteiger partial charge >= 0.3 is 0 Å². The highest BCUT2D eigenvalue weighted by atomic mass is 35.5. The standard InChI is InChI=1S/C24H28ClN5O/c1-17-23(27-22-4-2-3-11-30(17)22)20-16-19(5-6-21(20)25)28-12-14-29(15-13-28)24(31)18-7-9-26-10-8-18/h2-6,11,16,18,26H,7-10,12-15H2,1H3. The summed E-state index contributed by atoms with van der Waals surface area (Å²) in [7, 11) is 0. The van der Waals surface area contributed by atoms with Crippen LogP contribution in [-0.4, -0.2) is 59.5 Å². The van der Waals surface area contributed by atoms with Crippen molar-refractivity contribution in [2.75, 3.05) is 44.2 Å². The van der Waals surface area contributed by atoms with Crippen LogP contribution in [0.3, 0.4) is 0 Å². The number of nitrogens with zero attached hydrogens (tertiary/aromatic N) is 4. The van der Waals surface area contributed by atoms with Gasteiger partial charge in [0.15, 0.2) is 0 Å². The largest absolute Gasteiger partial charge is 0.368 e. The second kappa shape index (κ2) is 8.52. The molecule has 3 aromatic rings. The van der Waals surface area contributed by atoms with E-state index in [-0.39, 0.29) is 5.92 Å². The van der Waals surface area contributed by atoms with E-state index in [1.807, 2.05) is 30.5 Å². The summed E-state index contributed by atoms with van der Waals surface area (Å²) >= 11 is 6.59. The van der Waals surface area contributed by atoms with Crippen molar-refractivity contribution in [3.63, 3.8) is 0 Å². The minimum absolute atomic E-state index is 0.188. The number of hydrogen-bond acceptors (Lipinski definition) is 4. The van der Waals surface area contributed by atoms with Gasteiger partial charge in [0.1, 0.15) is 5.65 Å². The van der Waals surface area contributed by atoms with Crippen LogP contribution in [0.1, 0.15) is 18.5 Å². The molecule has 0 unspecified atom stereocenters. The Balaban J connectivity index is 1.34. The molecule has 2 aromatic heterocycles. The molecular formula is C24H28ClN5O. The topological polar surface area (TPSA) is 52.9 Å². The van der Waals surface area contributed by atoms with Crippen molar-refractivity contribution in [3.05, 3.63) is 53.3 Å². The van der Waals surface area contributed by atoms with Gasteiger partial charge in [0.05, 0.1) is 10.7 Å². The van der Waals surface area contributed by atoms with E-state index in [2.05, 4.69) is 38.6 Å². The minimum atomic E-state index is 0.188. The van der Waals surface area contributed by atoms with Crippen LogP contribution in [0.15, 0.2) is 42.6 Å². The summed E-state index contributed by atoms with van der Waals surface area (Å²) in [6.07, 6.45) is 3.94. The van der Waals surface area contributed by atoms with Gasteiger partial charge in [-0.05, 0) is 63.2 Å². The average Bonchev–Trinajstić information content (AvgIpc) is 3.16. The molecule has 4 heterocycles. The predicted octanol–water partition coefficient (Wildman–Crippen LogP) is 3.61. The molecule has 162 valence electrons. The second-order valence-electron chi connectivity index (χ2n) is 8.48. The van der Waals surface area contributed by atoms with Crippen LogP contribution in [-0.2, 0) is 4.79 Å². The maximum Gasteiger partial charge on any atom is 0.225 e. The van der Waals surface area contributed by atoms with E-state index >= 15 is 0 Å². The Morgan fingerprint density at radius 3 is 2.61 bits per heavy atom. The fraction of sp³-hybridized carbons (Fsp3) is 0.417. The Kier molecular flexibility index (Phi) is 5.59. The number of piperazine rings is 1. The van der Waals surface area contributed by atoms with Crippen molar-refractivity contribution in [2.45, 2.75) is 19.8 Å². The summed E-state index contributed by atoms with van der Waals surface area (Å²) in [5.41, 5.74) is 4.99. The number of rotatable bonds is 3. The van der Waals surface area contributed by atoms with Crippen LogP contribution in [0.25, 0.3) is 16.9 Å². The zero-order chi connectivity index (χ0) is 21.4. The molecule has 0 bridgehead atoms. The first kappa shape index (κ1) is 20.3.